The number of hydrogen-bond acceptors (Lipinski definition) is 4. The number of hydrogen-bond donors (Lipinski definition) is 0. The molecule has 0 aliphatic heterocycles. The third kappa shape index (κ3) is 5.75. The van der Waals surface area contributed by atoms with Gasteiger partial charge in [-0.25, -0.2) is 15.0 Å². The van der Waals surface area contributed by atoms with Crippen LogP contribution in [-0.4, -0.2) is 19.5 Å². The summed E-state index contributed by atoms with van der Waals surface area (Å²) in [4.78, 5) is 15.6. The van der Waals surface area contributed by atoms with Crippen molar-refractivity contribution in [3.63, 3.8) is 0 Å². The van der Waals surface area contributed by atoms with E-state index in [2.05, 4.69) is 128 Å². The first-order valence-electron chi connectivity index (χ1n) is 24.3. The van der Waals surface area contributed by atoms with E-state index in [4.69, 9.17) is 26.2 Å². The maximum absolute atomic E-state index is 9.16. The van der Waals surface area contributed by atoms with Crippen molar-refractivity contribution >= 4 is 43.7 Å². The lowest BCUT2D eigenvalue weighted by Gasteiger charge is -2.24. The quantitative estimate of drug-likeness (QED) is 0.167. The maximum Gasteiger partial charge on any atom is 0.167 e. The van der Waals surface area contributed by atoms with E-state index < -0.39 is 35.6 Å². The predicted molar refractivity (Wildman–Crippen MR) is 266 cm³/mol. The maximum atomic E-state index is 9.16. The van der Waals surface area contributed by atoms with Crippen molar-refractivity contribution in [2.45, 2.75) is 19.3 Å². The van der Waals surface area contributed by atoms with Gasteiger partial charge >= 0.3 is 0 Å². The van der Waals surface area contributed by atoms with Crippen LogP contribution in [0.25, 0.3) is 117 Å². The molecule has 0 unspecified atom stereocenters. The molecule has 1 aliphatic rings. The Labute approximate surface area is 383 Å². The normalized spacial score (nSPS) is 14.0. The SMILES string of the molecule is [2H]c1c([2H])c([2H])c(-c2nc(-c3cccc4c3C(C)(C)c3ccccc3-4)nc(-c3cc(-n4c5ccccc5c5ccccc54)cc4c3oc3cccc(-c5cccc(-c6ccccc6)c5)c34)n2)c([2H])c1[2H]. The highest BCUT2D eigenvalue weighted by Gasteiger charge is 2.38. The van der Waals surface area contributed by atoms with Gasteiger partial charge in [0, 0.05) is 43.8 Å². The zero-order valence-electron chi connectivity index (χ0n) is 40.4. The first kappa shape index (κ1) is 32.3. The van der Waals surface area contributed by atoms with Crippen molar-refractivity contribution in [3.05, 3.63) is 217 Å². The average molecular weight is 838 g/mol. The van der Waals surface area contributed by atoms with Crippen molar-refractivity contribution < 1.29 is 11.3 Å². The zero-order chi connectivity index (χ0) is 47.6. The first-order chi connectivity index (χ1) is 34.1. The smallest absolute Gasteiger partial charge is 0.167 e. The molecule has 65 heavy (non-hydrogen) atoms. The molecule has 1 aliphatic carbocycles. The second kappa shape index (κ2) is 14.3. The van der Waals surface area contributed by atoms with Crippen LogP contribution in [0.4, 0.5) is 0 Å². The number of aromatic nitrogens is 4. The van der Waals surface area contributed by atoms with Crippen LogP contribution >= 0.6 is 0 Å². The average Bonchev–Trinajstić information content (AvgIpc) is 4.03. The highest BCUT2D eigenvalue weighted by molar-refractivity contribution is 6.17. The molecule has 0 amide bonds. The third-order valence-corrected chi connectivity index (χ3v) is 13.1. The molecule has 306 valence electrons. The van der Waals surface area contributed by atoms with E-state index in [0.29, 0.717) is 22.6 Å². The lowest BCUT2D eigenvalue weighted by Crippen LogP contribution is -2.17. The summed E-state index contributed by atoms with van der Waals surface area (Å²) in [7, 11) is 0. The predicted octanol–water partition coefficient (Wildman–Crippen LogP) is 15.5. The molecule has 3 aromatic heterocycles. The summed E-state index contributed by atoms with van der Waals surface area (Å²) >= 11 is 0. The van der Waals surface area contributed by atoms with Gasteiger partial charge in [-0.2, -0.15) is 0 Å². The van der Waals surface area contributed by atoms with Crippen molar-refractivity contribution in [1.29, 1.82) is 0 Å². The molecule has 0 atom stereocenters. The van der Waals surface area contributed by atoms with E-state index in [1.807, 2.05) is 66.7 Å². The summed E-state index contributed by atoms with van der Waals surface area (Å²) in [5.41, 5.74) is 13.3. The van der Waals surface area contributed by atoms with Crippen LogP contribution in [0.3, 0.4) is 0 Å². The Morgan fingerprint density at radius 1 is 0.462 bits per heavy atom. The first-order valence-corrected chi connectivity index (χ1v) is 21.8. The van der Waals surface area contributed by atoms with Crippen molar-refractivity contribution in [3.8, 4) is 73.2 Å². The minimum Gasteiger partial charge on any atom is -0.455 e. The molecule has 13 rings (SSSR count). The van der Waals surface area contributed by atoms with Crippen LogP contribution in [0, 0.1) is 0 Å². The number of fused-ring (bicyclic) bond motifs is 9. The molecule has 0 saturated carbocycles. The molecule has 0 bridgehead atoms. The van der Waals surface area contributed by atoms with Crippen molar-refractivity contribution in [2.75, 3.05) is 0 Å². The van der Waals surface area contributed by atoms with Gasteiger partial charge in [-0.3, -0.25) is 0 Å². The van der Waals surface area contributed by atoms with Gasteiger partial charge in [0.15, 0.2) is 17.5 Å². The van der Waals surface area contributed by atoms with E-state index >= 15 is 0 Å². The lowest BCUT2D eigenvalue weighted by atomic mass is 9.80. The number of benzene rings is 9. The molecule has 5 heteroatoms. The largest absolute Gasteiger partial charge is 0.455 e. The number of rotatable bonds is 6. The van der Waals surface area contributed by atoms with Crippen LogP contribution in [0.15, 0.2) is 211 Å². The fourth-order valence-corrected chi connectivity index (χ4v) is 10.3. The topological polar surface area (TPSA) is 56.7 Å². The Hall–Kier alpha value is -8.41. The molecule has 0 radical (unpaired) electrons. The second-order valence-corrected chi connectivity index (χ2v) is 17.2. The van der Waals surface area contributed by atoms with E-state index in [-0.39, 0.29) is 17.2 Å². The fourth-order valence-electron chi connectivity index (χ4n) is 10.3. The van der Waals surface area contributed by atoms with Gasteiger partial charge in [-0.05, 0) is 80.9 Å². The summed E-state index contributed by atoms with van der Waals surface area (Å²) < 4.78 is 53.5. The molecular weight excluding hydrogens is 793 g/mol. The monoisotopic (exact) mass is 837 g/mol. The number of para-hydroxylation sites is 2. The standard InChI is InChI=1S/C60H40N4O/c1-60(2)50-30-12-9-24-43(50)46-28-16-29-47(55(46)60)58-61-57(38-20-7-4-8-21-38)62-59(63-58)49-36-41(64-51-31-13-10-25-44(51)45-26-11-14-32-52(45)64)35-48-54-42(27-17-33-53(54)65-56(48)49)40-23-15-22-39(34-40)37-18-5-3-6-19-37/h3-36H,1-2H3/i4D,7D,8D,20D,21D. The molecule has 0 saturated heterocycles. The molecule has 0 fully saturated rings. The van der Waals surface area contributed by atoms with E-state index in [1.54, 1.807) is 0 Å². The van der Waals surface area contributed by atoms with Gasteiger partial charge in [0.1, 0.15) is 11.2 Å². The van der Waals surface area contributed by atoms with Gasteiger partial charge in [0.05, 0.1) is 23.5 Å². The molecule has 0 spiro atoms. The molecule has 9 aromatic carbocycles. The van der Waals surface area contributed by atoms with Gasteiger partial charge in [0.25, 0.3) is 0 Å². The fraction of sp³-hybridized carbons (Fsp3) is 0.0500. The molecule has 3 heterocycles. The Kier molecular flexibility index (Phi) is 7.11. The van der Waals surface area contributed by atoms with E-state index in [1.165, 1.54) is 5.56 Å². The van der Waals surface area contributed by atoms with Gasteiger partial charge in [0.2, 0.25) is 0 Å². The van der Waals surface area contributed by atoms with Crippen LogP contribution in [-0.2, 0) is 5.41 Å². The molecule has 12 aromatic rings. The minimum absolute atomic E-state index is 0.0483. The van der Waals surface area contributed by atoms with Crippen LogP contribution in [0.2, 0.25) is 0 Å². The van der Waals surface area contributed by atoms with Crippen molar-refractivity contribution in [2.24, 2.45) is 0 Å². The molecule has 5 nitrogen and oxygen atoms in total. The van der Waals surface area contributed by atoms with E-state index in [9.17, 15) is 0 Å². The van der Waals surface area contributed by atoms with E-state index in [0.717, 1.165) is 82.8 Å². The van der Waals surface area contributed by atoms with Gasteiger partial charge in [-0.15, -0.1) is 0 Å². The highest BCUT2D eigenvalue weighted by Crippen LogP contribution is 2.52. The Balaban J connectivity index is 1.15. The summed E-state index contributed by atoms with van der Waals surface area (Å²) in [6.07, 6.45) is 0. The number of furan rings is 1. The number of nitrogens with zero attached hydrogens (tertiary/aromatic N) is 4. The Bertz CT molecular complexity index is 4090. The van der Waals surface area contributed by atoms with Crippen LogP contribution in [0.1, 0.15) is 31.8 Å². The second-order valence-electron chi connectivity index (χ2n) is 17.2. The molecule has 0 N–H and O–H groups in total. The lowest BCUT2D eigenvalue weighted by molar-refractivity contribution is 0.661. The van der Waals surface area contributed by atoms with Crippen molar-refractivity contribution in [1.82, 2.24) is 19.5 Å². The summed E-state index contributed by atoms with van der Waals surface area (Å²) in [6, 6.07) is 58.2. The van der Waals surface area contributed by atoms with Crippen LogP contribution < -0.4 is 0 Å². The highest BCUT2D eigenvalue weighted by atomic mass is 16.3. The van der Waals surface area contributed by atoms with Gasteiger partial charge in [-0.1, -0.05) is 184 Å². The summed E-state index contributed by atoms with van der Waals surface area (Å²) in [5.74, 6) is 0.472. The zero-order valence-corrected chi connectivity index (χ0v) is 35.4. The Morgan fingerprint density at radius 3 is 1.86 bits per heavy atom. The van der Waals surface area contributed by atoms with Crippen LogP contribution in [0.5, 0.6) is 0 Å². The minimum atomic E-state index is -0.499. The summed E-state index contributed by atoms with van der Waals surface area (Å²) in [5, 5.41) is 3.94. The Morgan fingerprint density at radius 2 is 1.06 bits per heavy atom. The third-order valence-electron chi connectivity index (χ3n) is 13.1. The molecular formula is C60H40N4O. The summed E-state index contributed by atoms with van der Waals surface area (Å²) in [6.45, 7) is 4.39. The van der Waals surface area contributed by atoms with Gasteiger partial charge < -0.3 is 8.98 Å².